The molecule has 1 saturated carbocycles. The van der Waals surface area contributed by atoms with Crippen LogP contribution in [-0.4, -0.2) is 33.3 Å². The maximum absolute atomic E-state index is 4.67. The molecule has 150 valence electrons. The highest BCUT2D eigenvalue weighted by molar-refractivity contribution is 9.10. The second kappa shape index (κ2) is 8.02. The normalized spacial score (nSPS) is 16.7. The zero-order chi connectivity index (χ0) is 19.6. The van der Waals surface area contributed by atoms with Gasteiger partial charge in [0.15, 0.2) is 11.6 Å². The monoisotopic (exact) mass is 453 g/mol. The van der Waals surface area contributed by atoms with Crippen LogP contribution in [-0.2, 0) is 0 Å². The van der Waals surface area contributed by atoms with E-state index in [1.54, 1.807) is 6.20 Å². The third kappa shape index (κ3) is 4.22. The Kier molecular flexibility index (Phi) is 5.10. The van der Waals surface area contributed by atoms with E-state index >= 15 is 0 Å². The van der Waals surface area contributed by atoms with Gasteiger partial charge in [-0.1, -0.05) is 12.1 Å². The lowest BCUT2D eigenvalue weighted by atomic mass is 10.1. The molecule has 0 amide bonds. The maximum Gasteiger partial charge on any atom is 0.229 e. The Bertz CT molecular complexity index is 992. The van der Waals surface area contributed by atoms with Gasteiger partial charge in [0, 0.05) is 37.0 Å². The summed E-state index contributed by atoms with van der Waals surface area (Å²) in [5.41, 5.74) is 3.42. The molecule has 3 heterocycles. The van der Waals surface area contributed by atoms with Gasteiger partial charge in [0.25, 0.3) is 0 Å². The van der Waals surface area contributed by atoms with Crippen molar-refractivity contribution in [2.45, 2.75) is 38.0 Å². The van der Waals surface area contributed by atoms with Crippen LogP contribution in [0.15, 0.2) is 41.0 Å². The molecule has 8 heteroatoms. The Morgan fingerprint density at radius 2 is 1.90 bits per heavy atom. The number of piperidine rings is 1. The van der Waals surface area contributed by atoms with Crippen LogP contribution in [0.1, 0.15) is 43.7 Å². The Labute approximate surface area is 178 Å². The number of aromatic amines is 1. The summed E-state index contributed by atoms with van der Waals surface area (Å²) in [6.07, 6.45) is 8.03. The molecule has 0 spiro atoms. The summed E-state index contributed by atoms with van der Waals surface area (Å²) < 4.78 is 0.795. The zero-order valence-corrected chi connectivity index (χ0v) is 17.7. The average Bonchev–Trinajstić information content (AvgIpc) is 3.50. The van der Waals surface area contributed by atoms with Crippen molar-refractivity contribution in [3.05, 3.63) is 46.7 Å². The summed E-state index contributed by atoms with van der Waals surface area (Å²) >= 11 is 3.54. The smallest absolute Gasteiger partial charge is 0.229 e. The molecule has 1 aliphatic carbocycles. The van der Waals surface area contributed by atoms with Crippen molar-refractivity contribution in [3.8, 4) is 0 Å². The molecule has 0 atom stereocenters. The first-order chi connectivity index (χ1) is 14.3. The minimum absolute atomic E-state index is 0.554. The number of hydrogen-bond acceptors (Lipinski definition) is 6. The van der Waals surface area contributed by atoms with Gasteiger partial charge < -0.3 is 15.5 Å². The van der Waals surface area contributed by atoms with Crippen molar-refractivity contribution in [3.63, 3.8) is 0 Å². The fourth-order valence-corrected chi connectivity index (χ4v) is 4.04. The number of rotatable bonds is 6. The lowest BCUT2D eigenvalue weighted by Crippen LogP contribution is -2.29. The van der Waals surface area contributed by atoms with Crippen molar-refractivity contribution >= 4 is 44.9 Å². The number of aromatic nitrogens is 4. The van der Waals surface area contributed by atoms with E-state index in [1.807, 2.05) is 6.07 Å². The summed E-state index contributed by atoms with van der Waals surface area (Å²) in [6.45, 7) is 2.18. The molecule has 3 aromatic rings. The van der Waals surface area contributed by atoms with Gasteiger partial charge in [0.1, 0.15) is 0 Å². The number of nitrogens with zero attached hydrogens (tertiary/aromatic N) is 4. The van der Waals surface area contributed by atoms with E-state index < -0.39 is 0 Å². The molecule has 7 nitrogen and oxygen atoms in total. The molecule has 0 radical (unpaired) electrons. The molecule has 3 N–H and O–H groups in total. The summed E-state index contributed by atoms with van der Waals surface area (Å²) in [6, 6.07) is 10.4. The van der Waals surface area contributed by atoms with E-state index in [4.69, 9.17) is 0 Å². The zero-order valence-electron chi connectivity index (χ0n) is 16.2. The van der Waals surface area contributed by atoms with Gasteiger partial charge in [-0.05, 0) is 60.2 Å². The predicted molar refractivity (Wildman–Crippen MR) is 119 cm³/mol. The molecular weight excluding hydrogens is 430 g/mol. The maximum atomic E-state index is 4.67. The number of hydrogen-bond donors (Lipinski definition) is 3. The van der Waals surface area contributed by atoms with Crippen molar-refractivity contribution in [2.24, 2.45) is 0 Å². The molecular formula is C21H24BrN7. The van der Waals surface area contributed by atoms with E-state index in [0.29, 0.717) is 17.7 Å². The third-order valence-corrected chi connectivity index (χ3v) is 6.03. The molecule has 2 aromatic heterocycles. The predicted octanol–water partition coefficient (Wildman–Crippen LogP) is 5.32. The Balaban J connectivity index is 1.36. The number of nitrogens with one attached hydrogen (secondary N) is 3. The minimum Gasteiger partial charge on any atom is -0.370 e. The van der Waals surface area contributed by atoms with Crippen LogP contribution in [0.3, 0.4) is 0 Å². The number of halogens is 1. The summed E-state index contributed by atoms with van der Waals surface area (Å²) in [5.74, 6) is 2.64. The van der Waals surface area contributed by atoms with Crippen molar-refractivity contribution < 1.29 is 0 Å². The van der Waals surface area contributed by atoms with E-state index in [2.05, 4.69) is 75.9 Å². The largest absolute Gasteiger partial charge is 0.370 e. The van der Waals surface area contributed by atoms with Crippen molar-refractivity contribution in [2.75, 3.05) is 28.6 Å². The van der Waals surface area contributed by atoms with Crippen LogP contribution in [0.25, 0.3) is 0 Å². The molecule has 1 saturated heterocycles. The average molecular weight is 454 g/mol. The molecule has 0 unspecified atom stereocenters. The number of anilines is 5. The Morgan fingerprint density at radius 3 is 2.72 bits per heavy atom. The quantitative estimate of drug-likeness (QED) is 0.468. The van der Waals surface area contributed by atoms with Crippen LogP contribution in [0.4, 0.5) is 29.0 Å². The van der Waals surface area contributed by atoms with Crippen LogP contribution < -0.4 is 15.5 Å². The third-order valence-electron chi connectivity index (χ3n) is 5.45. The molecule has 0 bridgehead atoms. The van der Waals surface area contributed by atoms with E-state index in [9.17, 15) is 0 Å². The number of benzene rings is 1. The summed E-state index contributed by atoms with van der Waals surface area (Å²) in [4.78, 5) is 11.6. The van der Waals surface area contributed by atoms with E-state index in [-0.39, 0.29) is 0 Å². The Morgan fingerprint density at radius 1 is 1.07 bits per heavy atom. The highest BCUT2D eigenvalue weighted by atomic mass is 79.9. The molecule has 2 fully saturated rings. The fraction of sp³-hybridized carbons (Fsp3) is 0.381. The number of H-pyrrole nitrogens is 1. The lowest BCUT2D eigenvalue weighted by molar-refractivity contribution is 0.578. The molecule has 2 aliphatic rings. The van der Waals surface area contributed by atoms with Crippen LogP contribution in [0, 0.1) is 0 Å². The van der Waals surface area contributed by atoms with Crippen LogP contribution in [0.5, 0.6) is 0 Å². The van der Waals surface area contributed by atoms with Gasteiger partial charge in [-0.3, -0.25) is 5.10 Å². The van der Waals surface area contributed by atoms with Gasteiger partial charge in [-0.2, -0.15) is 10.1 Å². The first-order valence-electron chi connectivity index (χ1n) is 10.2. The molecule has 1 aromatic carbocycles. The molecule has 1 aliphatic heterocycles. The number of para-hydroxylation sites is 2. The van der Waals surface area contributed by atoms with Gasteiger partial charge in [-0.15, -0.1) is 0 Å². The minimum atomic E-state index is 0.554. The van der Waals surface area contributed by atoms with Crippen molar-refractivity contribution in [1.82, 2.24) is 20.2 Å². The Hall–Kier alpha value is -2.61. The standard InChI is InChI=1S/C21H24BrN7/c22-15-13-23-21(26-20(15)25-19-12-17(27-28-19)14-8-9-14)24-16-6-2-3-7-18(16)29-10-4-1-5-11-29/h2-3,6-7,12-14H,1,4-5,8-11H2,(H3,23,24,25,26,27,28). The topological polar surface area (TPSA) is 81.8 Å². The van der Waals surface area contributed by atoms with Crippen molar-refractivity contribution in [1.29, 1.82) is 0 Å². The van der Waals surface area contributed by atoms with Gasteiger partial charge >= 0.3 is 0 Å². The highest BCUT2D eigenvalue weighted by Crippen LogP contribution is 2.40. The fourth-order valence-electron chi connectivity index (χ4n) is 3.75. The van der Waals surface area contributed by atoms with E-state index in [0.717, 1.165) is 29.1 Å². The van der Waals surface area contributed by atoms with Gasteiger partial charge in [0.05, 0.1) is 15.8 Å². The summed E-state index contributed by atoms with van der Waals surface area (Å²) in [7, 11) is 0. The second-order valence-electron chi connectivity index (χ2n) is 7.69. The summed E-state index contributed by atoms with van der Waals surface area (Å²) in [5, 5.41) is 14.2. The van der Waals surface area contributed by atoms with Crippen LogP contribution in [0.2, 0.25) is 0 Å². The van der Waals surface area contributed by atoms with Crippen LogP contribution >= 0.6 is 15.9 Å². The highest BCUT2D eigenvalue weighted by Gasteiger charge is 2.25. The first kappa shape index (κ1) is 18.4. The molecule has 5 rings (SSSR count). The lowest BCUT2D eigenvalue weighted by Gasteiger charge is -2.30. The van der Waals surface area contributed by atoms with Gasteiger partial charge in [0.2, 0.25) is 5.95 Å². The van der Waals surface area contributed by atoms with Gasteiger partial charge in [-0.25, -0.2) is 4.98 Å². The van der Waals surface area contributed by atoms with E-state index in [1.165, 1.54) is 43.5 Å². The SMILES string of the molecule is Brc1cnc(Nc2ccccc2N2CCCCC2)nc1Nc1cc(C2CC2)[nH]n1. The second-order valence-corrected chi connectivity index (χ2v) is 8.54. The first-order valence-corrected chi connectivity index (χ1v) is 11.0. The molecule has 29 heavy (non-hydrogen) atoms.